The average molecular weight is 302 g/mol. The van der Waals surface area contributed by atoms with Crippen LogP contribution in [0.15, 0.2) is 28.8 Å². The van der Waals surface area contributed by atoms with Gasteiger partial charge in [-0.1, -0.05) is 17.3 Å². The van der Waals surface area contributed by atoms with Crippen LogP contribution in [-0.2, 0) is 9.53 Å². The first-order valence-corrected chi connectivity index (χ1v) is 7.16. The number of nitrogens with two attached hydrogens (primary N) is 1. The van der Waals surface area contributed by atoms with Gasteiger partial charge in [-0.2, -0.15) is 4.98 Å². The number of anilines is 1. The first-order valence-electron chi connectivity index (χ1n) is 7.16. The monoisotopic (exact) mass is 302 g/mol. The summed E-state index contributed by atoms with van der Waals surface area (Å²) in [6.07, 6.45) is 1.03. The SMILES string of the molecule is Cc1nc(-c2cccc(NC(=O)C3(N)CCOCC3)c2)no1. The predicted molar refractivity (Wildman–Crippen MR) is 80.1 cm³/mol. The van der Waals surface area contributed by atoms with E-state index in [9.17, 15) is 4.79 Å². The normalized spacial score (nSPS) is 17.2. The van der Waals surface area contributed by atoms with Crippen LogP contribution in [0.25, 0.3) is 11.4 Å². The summed E-state index contributed by atoms with van der Waals surface area (Å²) in [7, 11) is 0. The molecule has 1 amide bonds. The van der Waals surface area contributed by atoms with E-state index >= 15 is 0 Å². The smallest absolute Gasteiger partial charge is 0.244 e. The van der Waals surface area contributed by atoms with Crippen molar-refractivity contribution in [2.75, 3.05) is 18.5 Å². The third-order valence-electron chi connectivity index (χ3n) is 3.74. The highest BCUT2D eigenvalue weighted by Gasteiger charge is 2.35. The molecule has 7 nitrogen and oxygen atoms in total. The number of aromatic nitrogens is 2. The number of rotatable bonds is 3. The van der Waals surface area contributed by atoms with Crippen LogP contribution in [0.4, 0.5) is 5.69 Å². The number of nitrogens with zero attached hydrogens (tertiary/aromatic N) is 2. The van der Waals surface area contributed by atoms with E-state index in [0.717, 1.165) is 5.56 Å². The highest BCUT2D eigenvalue weighted by atomic mass is 16.5. The molecule has 3 N–H and O–H groups in total. The molecule has 0 aliphatic carbocycles. The molecule has 2 heterocycles. The number of hydrogen-bond acceptors (Lipinski definition) is 6. The molecular formula is C15H18N4O3. The molecule has 1 saturated heterocycles. The van der Waals surface area contributed by atoms with Crippen LogP contribution in [0.2, 0.25) is 0 Å². The number of carbonyl (C=O) groups excluding carboxylic acids is 1. The van der Waals surface area contributed by atoms with Gasteiger partial charge in [0.2, 0.25) is 17.6 Å². The number of hydrogen-bond donors (Lipinski definition) is 2. The molecule has 116 valence electrons. The molecule has 0 radical (unpaired) electrons. The quantitative estimate of drug-likeness (QED) is 0.890. The minimum absolute atomic E-state index is 0.197. The lowest BCUT2D eigenvalue weighted by molar-refractivity contribution is -0.124. The molecule has 0 saturated carbocycles. The maximum atomic E-state index is 12.4. The standard InChI is InChI=1S/C15H18N4O3/c1-10-17-13(19-22-10)11-3-2-4-12(9-11)18-14(20)15(16)5-7-21-8-6-15/h2-4,9H,5-8,16H2,1H3,(H,18,20). The summed E-state index contributed by atoms with van der Waals surface area (Å²) in [6.45, 7) is 2.74. The fourth-order valence-corrected chi connectivity index (χ4v) is 2.37. The molecule has 1 aliphatic heterocycles. The van der Waals surface area contributed by atoms with Gasteiger partial charge in [-0.05, 0) is 25.0 Å². The number of benzene rings is 1. The fraction of sp³-hybridized carbons (Fsp3) is 0.400. The molecular weight excluding hydrogens is 284 g/mol. The van der Waals surface area contributed by atoms with E-state index in [-0.39, 0.29) is 5.91 Å². The molecule has 7 heteroatoms. The Morgan fingerprint density at radius 2 is 2.14 bits per heavy atom. The lowest BCUT2D eigenvalue weighted by Gasteiger charge is -2.31. The highest BCUT2D eigenvalue weighted by Crippen LogP contribution is 2.23. The van der Waals surface area contributed by atoms with Crippen LogP contribution in [0, 0.1) is 6.92 Å². The lowest BCUT2D eigenvalue weighted by Crippen LogP contribution is -2.54. The summed E-state index contributed by atoms with van der Waals surface area (Å²) in [4.78, 5) is 16.6. The molecule has 1 aliphatic rings. The lowest BCUT2D eigenvalue weighted by atomic mass is 9.90. The van der Waals surface area contributed by atoms with Gasteiger partial charge in [0, 0.05) is 31.4 Å². The van der Waals surface area contributed by atoms with Gasteiger partial charge < -0.3 is 20.3 Å². The van der Waals surface area contributed by atoms with Crippen molar-refractivity contribution in [1.82, 2.24) is 10.1 Å². The van der Waals surface area contributed by atoms with E-state index in [1.54, 1.807) is 19.1 Å². The highest BCUT2D eigenvalue weighted by molar-refractivity contribution is 5.98. The summed E-state index contributed by atoms with van der Waals surface area (Å²) in [5, 5.41) is 6.73. The molecule has 0 bridgehead atoms. The van der Waals surface area contributed by atoms with E-state index in [1.165, 1.54) is 0 Å². The third kappa shape index (κ3) is 3.00. The van der Waals surface area contributed by atoms with Crippen molar-refractivity contribution >= 4 is 11.6 Å². The maximum absolute atomic E-state index is 12.4. The molecule has 2 aromatic rings. The predicted octanol–water partition coefficient (Wildman–Crippen LogP) is 1.49. The summed E-state index contributed by atoms with van der Waals surface area (Å²) < 4.78 is 10.2. The molecule has 1 aromatic carbocycles. The van der Waals surface area contributed by atoms with Crippen LogP contribution in [0.3, 0.4) is 0 Å². The molecule has 1 aromatic heterocycles. The Morgan fingerprint density at radius 3 is 2.82 bits per heavy atom. The van der Waals surface area contributed by atoms with E-state index in [0.29, 0.717) is 43.5 Å². The van der Waals surface area contributed by atoms with Gasteiger partial charge in [0.15, 0.2) is 0 Å². The minimum Gasteiger partial charge on any atom is -0.381 e. The van der Waals surface area contributed by atoms with Gasteiger partial charge in [-0.3, -0.25) is 4.79 Å². The van der Waals surface area contributed by atoms with E-state index in [2.05, 4.69) is 15.5 Å². The van der Waals surface area contributed by atoms with Crippen molar-refractivity contribution < 1.29 is 14.1 Å². The second-order valence-electron chi connectivity index (χ2n) is 5.44. The number of carbonyl (C=O) groups is 1. The van der Waals surface area contributed by atoms with Gasteiger partial charge >= 0.3 is 0 Å². The zero-order chi connectivity index (χ0) is 15.6. The molecule has 3 rings (SSSR count). The molecule has 0 spiro atoms. The Hall–Kier alpha value is -2.25. The van der Waals surface area contributed by atoms with Crippen molar-refractivity contribution in [2.24, 2.45) is 5.73 Å². The Morgan fingerprint density at radius 1 is 1.36 bits per heavy atom. The van der Waals surface area contributed by atoms with Crippen LogP contribution < -0.4 is 11.1 Å². The van der Waals surface area contributed by atoms with Crippen LogP contribution >= 0.6 is 0 Å². The fourth-order valence-electron chi connectivity index (χ4n) is 2.37. The van der Waals surface area contributed by atoms with Crippen molar-refractivity contribution in [3.05, 3.63) is 30.2 Å². The van der Waals surface area contributed by atoms with Gasteiger partial charge in [0.05, 0.1) is 0 Å². The van der Waals surface area contributed by atoms with Crippen LogP contribution in [0.1, 0.15) is 18.7 Å². The second-order valence-corrected chi connectivity index (χ2v) is 5.44. The maximum Gasteiger partial charge on any atom is 0.244 e. The number of aryl methyl sites for hydroxylation is 1. The van der Waals surface area contributed by atoms with Crippen molar-refractivity contribution in [2.45, 2.75) is 25.3 Å². The van der Waals surface area contributed by atoms with Gasteiger partial charge in [0.25, 0.3) is 0 Å². The van der Waals surface area contributed by atoms with Crippen molar-refractivity contribution in [3.8, 4) is 11.4 Å². The molecule has 1 fully saturated rings. The summed E-state index contributed by atoms with van der Waals surface area (Å²) in [5.74, 6) is 0.784. The van der Waals surface area contributed by atoms with Gasteiger partial charge in [0.1, 0.15) is 5.54 Å². The van der Waals surface area contributed by atoms with Gasteiger partial charge in [-0.25, -0.2) is 0 Å². The zero-order valence-electron chi connectivity index (χ0n) is 12.3. The third-order valence-corrected chi connectivity index (χ3v) is 3.74. The summed E-state index contributed by atoms with van der Waals surface area (Å²) in [5.41, 5.74) is 6.72. The second kappa shape index (κ2) is 5.86. The van der Waals surface area contributed by atoms with E-state index < -0.39 is 5.54 Å². The van der Waals surface area contributed by atoms with Crippen LogP contribution in [0.5, 0.6) is 0 Å². The van der Waals surface area contributed by atoms with E-state index in [1.807, 2.05) is 12.1 Å². The van der Waals surface area contributed by atoms with Gasteiger partial charge in [-0.15, -0.1) is 0 Å². The summed E-state index contributed by atoms with van der Waals surface area (Å²) in [6, 6.07) is 7.28. The number of ether oxygens (including phenoxy) is 1. The Balaban J connectivity index is 1.76. The van der Waals surface area contributed by atoms with Crippen molar-refractivity contribution in [3.63, 3.8) is 0 Å². The largest absolute Gasteiger partial charge is 0.381 e. The Labute approximate surface area is 127 Å². The number of amides is 1. The first-order chi connectivity index (χ1) is 10.6. The zero-order valence-corrected chi connectivity index (χ0v) is 12.3. The van der Waals surface area contributed by atoms with Crippen LogP contribution in [-0.4, -0.2) is 34.8 Å². The first kappa shape index (κ1) is 14.7. The van der Waals surface area contributed by atoms with Crippen molar-refractivity contribution in [1.29, 1.82) is 0 Å². The topological polar surface area (TPSA) is 103 Å². The summed E-state index contributed by atoms with van der Waals surface area (Å²) >= 11 is 0. The van der Waals surface area contributed by atoms with E-state index in [4.69, 9.17) is 15.0 Å². The minimum atomic E-state index is -0.878. The Kier molecular flexibility index (Phi) is 3.91. The molecule has 0 atom stereocenters. The average Bonchev–Trinajstić information content (AvgIpc) is 2.95. The molecule has 0 unspecified atom stereocenters. The molecule has 22 heavy (non-hydrogen) atoms. The Bertz CT molecular complexity index is 677. The number of nitrogens with one attached hydrogen (secondary N) is 1.